The monoisotopic (exact) mass is 141 g/mol. The van der Waals surface area contributed by atoms with Gasteiger partial charge in [-0.2, -0.15) is 0 Å². The largest absolute Gasteiger partial charge is 0.333 e. The average Bonchev–Trinajstić information content (AvgIpc) is 2.30. The van der Waals surface area contributed by atoms with Crippen molar-refractivity contribution in [3.63, 3.8) is 0 Å². The third-order valence-corrected chi connectivity index (χ3v) is 2.05. The Hall–Kier alpha value is -0.860. The minimum absolute atomic E-state index is 0.160. The zero-order chi connectivity index (χ0) is 7.56. The number of carbonyl (C=O) groups excluding carboxylic acids is 2. The molecule has 1 heterocycles. The van der Waals surface area contributed by atoms with E-state index in [4.69, 9.17) is 0 Å². The first-order valence-electron chi connectivity index (χ1n) is 3.47. The quantitative estimate of drug-likeness (QED) is 0.515. The molecule has 1 amide bonds. The Morgan fingerprint density at radius 2 is 2.10 bits per heavy atom. The highest BCUT2D eigenvalue weighted by Crippen LogP contribution is 2.19. The van der Waals surface area contributed by atoms with Gasteiger partial charge in [-0.1, -0.05) is 0 Å². The van der Waals surface area contributed by atoms with Gasteiger partial charge in [-0.3, -0.25) is 4.79 Å². The maximum atomic E-state index is 10.4. The van der Waals surface area contributed by atoms with E-state index in [0.717, 1.165) is 25.5 Å². The fourth-order valence-electron chi connectivity index (χ4n) is 1.36. The van der Waals surface area contributed by atoms with Crippen molar-refractivity contribution in [1.29, 1.82) is 0 Å². The second kappa shape index (κ2) is 2.82. The van der Waals surface area contributed by atoms with Gasteiger partial charge in [0.05, 0.1) is 6.04 Å². The van der Waals surface area contributed by atoms with Gasteiger partial charge in [-0.15, -0.1) is 0 Å². The molecule has 0 bridgehead atoms. The molecule has 1 rings (SSSR count). The van der Waals surface area contributed by atoms with Crippen molar-refractivity contribution in [2.45, 2.75) is 31.8 Å². The Bertz CT molecular complexity index is 147. The standard InChI is InChI=1S/C7H11NO2/c1-6-2-3-7(4-9)8(6)5-10/h4-7H,2-3H2,1H3/t6-,7-/m1/s1. The molecule has 0 aromatic rings. The molecule has 0 unspecified atom stereocenters. The Labute approximate surface area is 60.0 Å². The normalized spacial score (nSPS) is 32.3. The first-order chi connectivity index (χ1) is 4.79. The molecule has 0 saturated carbocycles. The molecular weight excluding hydrogens is 130 g/mol. The average molecular weight is 141 g/mol. The van der Waals surface area contributed by atoms with E-state index >= 15 is 0 Å². The van der Waals surface area contributed by atoms with Gasteiger partial charge in [0.25, 0.3) is 0 Å². The summed E-state index contributed by atoms with van der Waals surface area (Å²) in [6.45, 7) is 1.96. The van der Waals surface area contributed by atoms with Gasteiger partial charge in [-0.05, 0) is 19.8 Å². The summed E-state index contributed by atoms with van der Waals surface area (Å²) in [7, 11) is 0. The van der Waals surface area contributed by atoms with Crippen molar-refractivity contribution in [2.75, 3.05) is 0 Å². The van der Waals surface area contributed by atoms with E-state index in [9.17, 15) is 9.59 Å². The van der Waals surface area contributed by atoms with E-state index in [1.54, 1.807) is 4.90 Å². The van der Waals surface area contributed by atoms with E-state index in [-0.39, 0.29) is 12.1 Å². The van der Waals surface area contributed by atoms with Crippen LogP contribution in [0.5, 0.6) is 0 Å². The molecule has 0 aromatic carbocycles. The highest BCUT2D eigenvalue weighted by atomic mass is 16.1. The van der Waals surface area contributed by atoms with E-state index in [0.29, 0.717) is 0 Å². The lowest BCUT2D eigenvalue weighted by Crippen LogP contribution is -2.33. The summed E-state index contributed by atoms with van der Waals surface area (Å²) in [6.07, 6.45) is 3.38. The van der Waals surface area contributed by atoms with Crippen LogP contribution < -0.4 is 0 Å². The molecule has 1 aliphatic heterocycles. The molecule has 0 spiro atoms. The highest BCUT2D eigenvalue weighted by Gasteiger charge is 2.28. The van der Waals surface area contributed by atoms with Crippen LogP contribution in [0.3, 0.4) is 0 Å². The van der Waals surface area contributed by atoms with E-state index in [2.05, 4.69) is 0 Å². The van der Waals surface area contributed by atoms with Crippen LogP contribution in [-0.4, -0.2) is 29.7 Å². The maximum Gasteiger partial charge on any atom is 0.210 e. The number of likely N-dealkylation sites (tertiary alicyclic amines) is 1. The zero-order valence-electron chi connectivity index (χ0n) is 5.99. The fraction of sp³-hybridized carbons (Fsp3) is 0.714. The van der Waals surface area contributed by atoms with Crippen molar-refractivity contribution in [2.24, 2.45) is 0 Å². The van der Waals surface area contributed by atoms with Crippen LogP contribution in [0.15, 0.2) is 0 Å². The van der Waals surface area contributed by atoms with Gasteiger partial charge in [-0.25, -0.2) is 0 Å². The van der Waals surface area contributed by atoms with Crippen LogP contribution in [0.25, 0.3) is 0 Å². The van der Waals surface area contributed by atoms with Crippen molar-refractivity contribution >= 4 is 12.7 Å². The molecule has 1 fully saturated rings. The Morgan fingerprint density at radius 3 is 2.50 bits per heavy atom. The molecule has 3 heteroatoms. The number of hydrogen-bond donors (Lipinski definition) is 0. The SMILES string of the molecule is C[C@@H]1CC[C@H](C=O)N1C=O. The van der Waals surface area contributed by atoms with Gasteiger partial charge >= 0.3 is 0 Å². The smallest absolute Gasteiger partial charge is 0.210 e. The lowest BCUT2D eigenvalue weighted by Gasteiger charge is -2.18. The van der Waals surface area contributed by atoms with Crippen LogP contribution in [0.4, 0.5) is 0 Å². The number of aldehydes is 1. The summed E-state index contributed by atoms with van der Waals surface area (Å²) in [5.74, 6) is 0. The molecule has 2 atom stereocenters. The van der Waals surface area contributed by atoms with Crippen molar-refractivity contribution in [3.05, 3.63) is 0 Å². The first kappa shape index (κ1) is 7.25. The van der Waals surface area contributed by atoms with Gasteiger partial charge in [0.2, 0.25) is 6.41 Å². The molecular formula is C7H11NO2. The summed E-state index contributed by atoms with van der Waals surface area (Å²) >= 11 is 0. The topological polar surface area (TPSA) is 37.4 Å². The summed E-state index contributed by atoms with van der Waals surface area (Å²) < 4.78 is 0. The van der Waals surface area contributed by atoms with Crippen LogP contribution in [-0.2, 0) is 9.59 Å². The first-order valence-corrected chi connectivity index (χ1v) is 3.47. The van der Waals surface area contributed by atoms with Crippen molar-refractivity contribution in [1.82, 2.24) is 4.90 Å². The zero-order valence-corrected chi connectivity index (χ0v) is 5.99. The molecule has 0 radical (unpaired) electrons. The summed E-state index contributed by atoms with van der Waals surface area (Å²) in [6, 6.07) is 0.0835. The van der Waals surface area contributed by atoms with E-state index < -0.39 is 0 Å². The van der Waals surface area contributed by atoms with Crippen LogP contribution in [0.1, 0.15) is 19.8 Å². The Morgan fingerprint density at radius 1 is 1.40 bits per heavy atom. The summed E-state index contributed by atoms with van der Waals surface area (Å²) in [5.41, 5.74) is 0. The minimum atomic E-state index is -0.160. The van der Waals surface area contributed by atoms with Gasteiger partial charge in [0.15, 0.2) is 0 Å². The van der Waals surface area contributed by atoms with Gasteiger partial charge in [0.1, 0.15) is 6.29 Å². The van der Waals surface area contributed by atoms with Crippen LogP contribution in [0.2, 0.25) is 0 Å². The molecule has 0 N–H and O–H groups in total. The number of nitrogens with zero attached hydrogens (tertiary/aromatic N) is 1. The van der Waals surface area contributed by atoms with Crippen LogP contribution >= 0.6 is 0 Å². The summed E-state index contributed by atoms with van der Waals surface area (Å²) in [4.78, 5) is 22.3. The highest BCUT2D eigenvalue weighted by molar-refractivity contribution is 5.65. The number of carbonyl (C=O) groups is 2. The Balaban J connectivity index is 2.61. The molecule has 3 nitrogen and oxygen atoms in total. The molecule has 10 heavy (non-hydrogen) atoms. The second-order valence-corrected chi connectivity index (χ2v) is 2.68. The molecule has 1 aliphatic rings. The van der Waals surface area contributed by atoms with Crippen LogP contribution in [0, 0.1) is 0 Å². The van der Waals surface area contributed by atoms with Gasteiger partial charge < -0.3 is 9.69 Å². The lowest BCUT2D eigenvalue weighted by atomic mass is 10.2. The minimum Gasteiger partial charge on any atom is -0.333 e. The number of hydrogen-bond acceptors (Lipinski definition) is 2. The molecule has 0 aliphatic carbocycles. The van der Waals surface area contributed by atoms with Crippen molar-refractivity contribution < 1.29 is 9.59 Å². The number of rotatable bonds is 2. The van der Waals surface area contributed by atoms with Gasteiger partial charge in [0, 0.05) is 6.04 Å². The van der Waals surface area contributed by atoms with Crippen molar-refractivity contribution in [3.8, 4) is 0 Å². The number of amides is 1. The molecule has 56 valence electrons. The molecule has 0 aromatic heterocycles. The lowest BCUT2D eigenvalue weighted by molar-refractivity contribution is -0.125. The third-order valence-electron chi connectivity index (χ3n) is 2.05. The summed E-state index contributed by atoms with van der Waals surface area (Å²) in [5, 5.41) is 0. The molecule has 1 saturated heterocycles. The maximum absolute atomic E-state index is 10.4. The van der Waals surface area contributed by atoms with E-state index in [1.165, 1.54) is 0 Å². The predicted octanol–water partition coefficient (Wildman–Crippen LogP) is 0.195. The predicted molar refractivity (Wildman–Crippen MR) is 36.5 cm³/mol. The second-order valence-electron chi connectivity index (χ2n) is 2.68. The Kier molecular flexibility index (Phi) is 2.04. The fourth-order valence-corrected chi connectivity index (χ4v) is 1.36. The third kappa shape index (κ3) is 1.03. The van der Waals surface area contributed by atoms with E-state index in [1.807, 2.05) is 6.92 Å².